The number of barbiturate groups is 1. The molecule has 1 aromatic carbocycles. The van der Waals surface area contributed by atoms with Crippen LogP contribution in [0.2, 0.25) is 0 Å². The lowest BCUT2D eigenvalue weighted by atomic mass is 10.0. The quantitative estimate of drug-likeness (QED) is 0.196. The van der Waals surface area contributed by atoms with E-state index in [9.17, 15) is 34.2 Å². The van der Waals surface area contributed by atoms with Crippen molar-refractivity contribution in [1.29, 1.82) is 0 Å². The summed E-state index contributed by atoms with van der Waals surface area (Å²) in [6, 6.07) is 2.27. The Kier molecular flexibility index (Phi) is 5.44. The number of carbonyl (C=O) groups is 5. The third-order valence-electron chi connectivity index (χ3n) is 3.75. The van der Waals surface area contributed by atoms with Crippen molar-refractivity contribution < 1.29 is 39.3 Å². The molecule has 0 aromatic heterocycles. The van der Waals surface area contributed by atoms with Crippen LogP contribution in [-0.2, 0) is 19.2 Å². The molecule has 1 heterocycles. The number of carbonyl (C=O) groups excluding carboxylic acids is 3. The van der Waals surface area contributed by atoms with Crippen LogP contribution < -0.4 is 11.1 Å². The minimum atomic E-state index is -1.84. The van der Waals surface area contributed by atoms with E-state index in [1.54, 1.807) is 5.32 Å². The van der Waals surface area contributed by atoms with Gasteiger partial charge in [-0.25, -0.2) is 14.5 Å². The van der Waals surface area contributed by atoms with Crippen molar-refractivity contribution in [2.24, 2.45) is 0 Å². The maximum atomic E-state index is 12.6. The van der Waals surface area contributed by atoms with Crippen LogP contribution in [0, 0.1) is 0 Å². The van der Waals surface area contributed by atoms with Gasteiger partial charge in [0.05, 0.1) is 0 Å². The van der Waals surface area contributed by atoms with E-state index < -0.39 is 60.0 Å². The Morgan fingerprint density at radius 3 is 2.19 bits per heavy atom. The molecule has 2 rings (SSSR count). The molecule has 1 aromatic rings. The third-order valence-corrected chi connectivity index (χ3v) is 3.75. The van der Waals surface area contributed by atoms with Crippen molar-refractivity contribution in [3.05, 3.63) is 35.4 Å². The van der Waals surface area contributed by atoms with Gasteiger partial charge in [0.1, 0.15) is 17.4 Å². The second-order valence-corrected chi connectivity index (χ2v) is 5.57. The highest BCUT2D eigenvalue weighted by Crippen LogP contribution is 2.24. The SMILES string of the molecule is Nc1ccc(C(O)=C2C(=O)NC(=O)N(C(CCC(=O)O)C(=O)O)C2=O)cc1. The number of benzene rings is 1. The summed E-state index contributed by atoms with van der Waals surface area (Å²) >= 11 is 0. The molecule has 0 spiro atoms. The molecule has 0 saturated carbocycles. The van der Waals surface area contributed by atoms with Crippen molar-refractivity contribution in [2.45, 2.75) is 18.9 Å². The number of carboxylic acid groups (broad SMARTS) is 2. The molecule has 1 aliphatic rings. The van der Waals surface area contributed by atoms with Crippen LogP contribution in [0.4, 0.5) is 10.5 Å². The predicted octanol–water partition coefficient (Wildman–Crippen LogP) is -0.0657. The van der Waals surface area contributed by atoms with Gasteiger partial charge in [0.2, 0.25) is 0 Å². The summed E-state index contributed by atoms with van der Waals surface area (Å²) in [5.41, 5.74) is 5.07. The van der Waals surface area contributed by atoms with Gasteiger partial charge in [0, 0.05) is 17.7 Å². The fourth-order valence-electron chi connectivity index (χ4n) is 2.43. The monoisotopic (exact) mass is 377 g/mol. The lowest BCUT2D eigenvalue weighted by Gasteiger charge is -2.31. The zero-order valence-electron chi connectivity index (χ0n) is 13.7. The number of aliphatic hydroxyl groups is 1. The van der Waals surface area contributed by atoms with Gasteiger partial charge in [0.15, 0.2) is 0 Å². The summed E-state index contributed by atoms with van der Waals surface area (Å²) in [5, 5.41) is 30.1. The Morgan fingerprint density at radius 1 is 1.07 bits per heavy atom. The zero-order chi connectivity index (χ0) is 20.3. The van der Waals surface area contributed by atoms with Gasteiger partial charge < -0.3 is 21.1 Å². The Morgan fingerprint density at radius 2 is 1.67 bits per heavy atom. The van der Waals surface area contributed by atoms with Gasteiger partial charge in [-0.05, 0) is 30.7 Å². The molecule has 0 bridgehead atoms. The van der Waals surface area contributed by atoms with Crippen LogP contribution in [0.25, 0.3) is 5.76 Å². The maximum Gasteiger partial charge on any atom is 0.332 e. The molecular weight excluding hydrogens is 362 g/mol. The molecule has 11 nitrogen and oxygen atoms in total. The van der Waals surface area contributed by atoms with Crippen molar-refractivity contribution >= 4 is 41.2 Å². The first-order valence-electron chi connectivity index (χ1n) is 7.56. The van der Waals surface area contributed by atoms with E-state index in [0.717, 1.165) is 0 Å². The van der Waals surface area contributed by atoms with Crippen molar-refractivity contribution in [3.8, 4) is 0 Å². The van der Waals surface area contributed by atoms with Gasteiger partial charge >= 0.3 is 18.0 Å². The number of carboxylic acids is 2. The highest BCUT2D eigenvalue weighted by molar-refractivity contribution is 6.32. The molecule has 6 N–H and O–H groups in total. The number of amides is 4. The lowest BCUT2D eigenvalue weighted by Crippen LogP contribution is -2.60. The van der Waals surface area contributed by atoms with E-state index in [2.05, 4.69) is 0 Å². The van der Waals surface area contributed by atoms with Crippen LogP contribution in [0.1, 0.15) is 18.4 Å². The van der Waals surface area contributed by atoms with Crippen LogP contribution in [-0.4, -0.2) is 56.0 Å². The fourth-order valence-corrected chi connectivity index (χ4v) is 2.43. The summed E-state index contributed by atoms with van der Waals surface area (Å²) in [7, 11) is 0. The number of aliphatic hydroxyl groups excluding tert-OH is 1. The van der Waals surface area contributed by atoms with Crippen molar-refractivity contribution in [1.82, 2.24) is 10.2 Å². The first kappa shape index (κ1) is 19.4. The number of hydrogen-bond donors (Lipinski definition) is 5. The summed E-state index contributed by atoms with van der Waals surface area (Å²) in [5.74, 6) is -6.31. The number of nitrogens with two attached hydrogens (primary N) is 1. The predicted molar refractivity (Wildman–Crippen MR) is 89.1 cm³/mol. The van der Waals surface area contributed by atoms with E-state index in [0.29, 0.717) is 5.69 Å². The minimum absolute atomic E-state index is 0.0365. The summed E-state index contributed by atoms with van der Waals surface area (Å²) in [4.78, 5) is 59.0. The van der Waals surface area contributed by atoms with E-state index in [-0.39, 0.29) is 10.5 Å². The highest BCUT2D eigenvalue weighted by atomic mass is 16.4. The molecule has 1 aliphatic heterocycles. The highest BCUT2D eigenvalue weighted by Gasteiger charge is 2.44. The zero-order valence-corrected chi connectivity index (χ0v) is 13.7. The molecular formula is C16H15N3O8. The summed E-state index contributed by atoms with van der Waals surface area (Å²) < 4.78 is 0. The van der Waals surface area contributed by atoms with Gasteiger partial charge in [-0.3, -0.25) is 19.7 Å². The fraction of sp³-hybridized carbons (Fsp3) is 0.188. The second kappa shape index (κ2) is 7.56. The number of anilines is 1. The molecule has 0 radical (unpaired) electrons. The first-order valence-corrected chi connectivity index (χ1v) is 7.56. The molecule has 4 amide bonds. The minimum Gasteiger partial charge on any atom is -0.506 e. The Labute approximate surface area is 151 Å². The third kappa shape index (κ3) is 4.03. The van der Waals surface area contributed by atoms with Crippen molar-refractivity contribution in [3.63, 3.8) is 0 Å². The number of imide groups is 2. The Balaban J connectivity index is 2.47. The molecule has 27 heavy (non-hydrogen) atoms. The molecule has 11 heteroatoms. The maximum absolute atomic E-state index is 12.6. The first-order chi connectivity index (χ1) is 12.6. The number of nitrogens with one attached hydrogen (secondary N) is 1. The van der Waals surface area contributed by atoms with Gasteiger partial charge in [-0.2, -0.15) is 0 Å². The average Bonchev–Trinajstić information content (AvgIpc) is 2.57. The molecule has 1 saturated heterocycles. The number of aliphatic carboxylic acids is 2. The van der Waals surface area contributed by atoms with Crippen LogP contribution in [0.3, 0.4) is 0 Å². The number of hydrogen-bond acceptors (Lipinski definition) is 7. The molecule has 1 atom stereocenters. The number of rotatable bonds is 6. The van der Waals surface area contributed by atoms with Gasteiger partial charge in [-0.15, -0.1) is 0 Å². The number of urea groups is 1. The van der Waals surface area contributed by atoms with E-state index in [1.807, 2.05) is 0 Å². The summed E-state index contributed by atoms with van der Waals surface area (Å²) in [6.07, 6.45) is -1.21. The lowest BCUT2D eigenvalue weighted by molar-refractivity contribution is -0.149. The molecule has 1 unspecified atom stereocenters. The normalized spacial score (nSPS) is 17.3. The second-order valence-electron chi connectivity index (χ2n) is 5.57. The average molecular weight is 377 g/mol. The number of nitrogens with zero attached hydrogens (tertiary/aromatic N) is 1. The molecule has 0 aliphatic carbocycles. The van der Waals surface area contributed by atoms with Crippen LogP contribution in [0.5, 0.6) is 0 Å². The van der Waals surface area contributed by atoms with Crippen LogP contribution in [0.15, 0.2) is 29.8 Å². The Hall–Kier alpha value is -3.89. The standard InChI is InChI=1S/C16H15N3O8/c17-8-3-1-7(2-4-8)12(22)11-13(23)18-16(27)19(14(11)24)9(15(25)26)5-6-10(20)21/h1-4,9,22H,5-6,17H2,(H,20,21)(H,25,26)(H,18,23,27). The van der Waals surface area contributed by atoms with E-state index in [4.69, 9.17) is 10.8 Å². The van der Waals surface area contributed by atoms with Gasteiger partial charge in [0.25, 0.3) is 11.8 Å². The smallest absolute Gasteiger partial charge is 0.332 e. The van der Waals surface area contributed by atoms with Gasteiger partial charge in [-0.1, -0.05) is 0 Å². The van der Waals surface area contributed by atoms with Crippen molar-refractivity contribution in [2.75, 3.05) is 5.73 Å². The number of nitrogen functional groups attached to an aromatic ring is 1. The molecule has 1 fully saturated rings. The largest absolute Gasteiger partial charge is 0.506 e. The Bertz CT molecular complexity index is 859. The summed E-state index contributed by atoms with van der Waals surface area (Å²) in [6.45, 7) is 0. The van der Waals surface area contributed by atoms with Crippen LogP contribution >= 0.6 is 0 Å². The van der Waals surface area contributed by atoms with E-state index in [1.165, 1.54) is 24.3 Å². The van der Waals surface area contributed by atoms with E-state index >= 15 is 0 Å². The topological polar surface area (TPSA) is 187 Å². The molecule has 142 valence electrons.